The third kappa shape index (κ3) is 4.54. The standard InChI is InChI=1S/C15H25NO3/c1-15(2,3)7-8-16-11-9-12(17-4)14(19-6)13(10-11)18-5/h9-10,16H,7-8H2,1-6H3. The van der Waals surface area contributed by atoms with Crippen LogP contribution in [0.4, 0.5) is 5.69 Å². The summed E-state index contributed by atoms with van der Waals surface area (Å²) in [5.74, 6) is 1.95. The van der Waals surface area contributed by atoms with Crippen LogP contribution in [0.25, 0.3) is 0 Å². The zero-order valence-electron chi connectivity index (χ0n) is 12.8. The van der Waals surface area contributed by atoms with Crippen LogP contribution in [0.15, 0.2) is 12.1 Å². The van der Waals surface area contributed by atoms with E-state index in [1.54, 1.807) is 21.3 Å². The third-order valence-electron chi connectivity index (χ3n) is 2.87. The van der Waals surface area contributed by atoms with Crippen LogP contribution < -0.4 is 19.5 Å². The van der Waals surface area contributed by atoms with E-state index in [1.165, 1.54) is 0 Å². The second-order valence-corrected chi connectivity index (χ2v) is 5.65. The molecule has 0 saturated carbocycles. The highest BCUT2D eigenvalue weighted by atomic mass is 16.5. The molecule has 0 aliphatic carbocycles. The topological polar surface area (TPSA) is 39.7 Å². The van der Waals surface area contributed by atoms with Crippen molar-refractivity contribution in [3.05, 3.63) is 12.1 Å². The molecular weight excluding hydrogens is 242 g/mol. The largest absolute Gasteiger partial charge is 0.493 e. The van der Waals surface area contributed by atoms with Gasteiger partial charge in [-0.05, 0) is 11.8 Å². The Kier molecular flexibility index (Phi) is 5.33. The van der Waals surface area contributed by atoms with Crippen molar-refractivity contribution in [2.24, 2.45) is 5.41 Å². The summed E-state index contributed by atoms with van der Waals surface area (Å²) in [5, 5.41) is 3.39. The number of benzene rings is 1. The van der Waals surface area contributed by atoms with Crippen LogP contribution >= 0.6 is 0 Å². The number of hydrogen-bond acceptors (Lipinski definition) is 4. The number of rotatable bonds is 6. The molecule has 1 N–H and O–H groups in total. The lowest BCUT2D eigenvalue weighted by molar-refractivity contribution is 0.324. The third-order valence-corrected chi connectivity index (χ3v) is 2.87. The average molecular weight is 267 g/mol. The number of anilines is 1. The zero-order chi connectivity index (χ0) is 14.5. The van der Waals surface area contributed by atoms with Gasteiger partial charge < -0.3 is 19.5 Å². The Morgan fingerprint density at radius 1 is 0.947 bits per heavy atom. The minimum absolute atomic E-state index is 0.313. The van der Waals surface area contributed by atoms with E-state index in [-0.39, 0.29) is 0 Å². The average Bonchev–Trinajstić information content (AvgIpc) is 2.35. The van der Waals surface area contributed by atoms with E-state index in [0.717, 1.165) is 18.7 Å². The Labute approximate surface area is 116 Å². The summed E-state index contributed by atoms with van der Waals surface area (Å²) >= 11 is 0. The smallest absolute Gasteiger partial charge is 0.203 e. The van der Waals surface area contributed by atoms with E-state index in [1.807, 2.05) is 12.1 Å². The van der Waals surface area contributed by atoms with Crippen molar-refractivity contribution in [1.82, 2.24) is 0 Å². The molecule has 19 heavy (non-hydrogen) atoms. The van der Waals surface area contributed by atoms with Gasteiger partial charge in [-0.3, -0.25) is 0 Å². The first kappa shape index (κ1) is 15.5. The van der Waals surface area contributed by atoms with Gasteiger partial charge in [0.05, 0.1) is 21.3 Å². The molecule has 0 aliphatic heterocycles. The lowest BCUT2D eigenvalue weighted by Crippen LogP contribution is -2.13. The highest BCUT2D eigenvalue weighted by Crippen LogP contribution is 2.39. The van der Waals surface area contributed by atoms with E-state index in [4.69, 9.17) is 14.2 Å². The van der Waals surface area contributed by atoms with E-state index in [0.29, 0.717) is 22.7 Å². The molecule has 1 rings (SSSR count). The normalized spacial score (nSPS) is 11.1. The summed E-state index contributed by atoms with van der Waals surface area (Å²) in [6.07, 6.45) is 1.09. The molecule has 108 valence electrons. The Bertz CT molecular complexity index is 385. The predicted octanol–water partition coefficient (Wildman–Crippen LogP) is 3.56. The first-order valence-corrected chi connectivity index (χ1v) is 6.45. The van der Waals surface area contributed by atoms with Gasteiger partial charge in [0, 0.05) is 24.4 Å². The van der Waals surface area contributed by atoms with Crippen molar-refractivity contribution < 1.29 is 14.2 Å². The van der Waals surface area contributed by atoms with E-state index in [9.17, 15) is 0 Å². The molecule has 1 aromatic rings. The van der Waals surface area contributed by atoms with Crippen LogP contribution in [0.5, 0.6) is 17.2 Å². The summed E-state index contributed by atoms with van der Waals surface area (Å²) in [5.41, 5.74) is 1.28. The summed E-state index contributed by atoms with van der Waals surface area (Å²) in [6.45, 7) is 7.58. The van der Waals surface area contributed by atoms with Gasteiger partial charge in [-0.25, -0.2) is 0 Å². The van der Waals surface area contributed by atoms with Gasteiger partial charge in [0.15, 0.2) is 11.5 Å². The molecule has 0 atom stereocenters. The molecule has 0 amide bonds. The van der Waals surface area contributed by atoms with Crippen molar-refractivity contribution in [1.29, 1.82) is 0 Å². The fourth-order valence-corrected chi connectivity index (χ4v) is 1.76. The molecule has 0 unspecified atom stereocenters. The SMILES string of the molecule is COc1cc(NCCC(C)(C)C)cc(OC)c1OC. The number of nitrogens with one attached hydrogen (secondary N) is 1. The second-order valence-electron chi connectivity index (χ2n) is 5.65. The quantitative estimate of drug-likeness (QED) is 0.855. The summed E-state index contributed by atoms with van der Waals surface area (Å²) < 4.78 is 15.9. The van der Waals surface area contributed by atoms with Gasteiger partial charge >= 0.3 is 0 Å². The van der Waals surface area contributed by atoms with Gasteiger partial charge in [0.2, 0.25) is 5.75 Å². The van der Waals surface area contributed by atoms with E-state index in [2.05, 4.69) is 26.1 Å². The van der Waals surface area contributed by atoms with Gasteiger partial charge in [0.25, 0.3) is 0 Å². The van der Waals surface area contributed by atoms with Crippen molar-refractivity contribution in [2.75, 3.05) is 33.2 Å². The predicted molar refractivity (Wildman–Crippen MR) is 78.7 cm³/mol. The monoisotopic (exact) mass is 267 g/mol. The molecule has 0 heterocycles. The Balaban J connectivity index is 2.85. The van der Waals surface area contributed by atoms with Gasteiger partial charge in [-0.2, -0.15) is 0 Å². The highest BCUT2D eigenvalue weighted by molar-refractivity contribution is 5.62. The van der Waals surface area contributed by atoms with Crippen molar-refractivity contribution in [2.45, 2.75) is 27.2 Å². The molecule has 4 heteroatoms. The molecule has 0 aromatic heterocycles. The van der Waals surface area contributed by atoms with Crippen LogP contribution in [0, 0.1) is 5.41 Å². The Morgan fingerprint density at radius 2 is 1.47 bits per heavy atom. The minimum Gasteiger partial charge on any atom is -0.493 e. The molecule has 1 aromatic carbocycles. The molecule has 4 nitrogen and oxygen atoms in total. The van der Waals surface area contributed by atoms with E-state index < -0.39 is 0 Å². The van der Waals surface area contributed by atoms with Crippen LogP contribution in [-0.4, -0.2) is 27.9 Å². The molecule has 0 bridgehead atoms. The second kappa shape index (κ2) is 6.55. The molecule has 0 radical (unpaired) electrons. The van der Waals surface area contributed by atoms with Gasteiger partial charge in [0.1, 0.15) is 0 Å². The fraction of sp³-hybridized carbons (Fsp3) is 0.600. The summed E-state index contributed by atoms with van der Waals surface area (Å²) in [4.78, 5) is 0. The van der Waals surface area contributed by atoms with Crippen LogP contribution in [0.2, 0.25) is 0 Å². The van der Waals surface area contributed by atoms with Crippen molar-refractivity contribution >= 4 is 5.69 Å². The number of hydrogen-bond donors (Lipinski definition) is 1. The Morgan fingerprint density at radius 3 is 1.84 bits per heavy atom. The maximum Gasteiger partial charge on any atom is 0.203 e. The van der Waals surface area contributed by atoms with Crippen LogP contribution in [-0.2, 0) is 0 Å². The zero-order valence-corrected chi connectivity index (χ0v) is 12.8. The summed E-state index contributed by atoms with van der Waals surface area (Å²) in [7, 11) is 4.85. The van der Waals surface area contributed by atoms with Crippen molar-refractivity contribution in [3.8, 4) is 17.2 Å². The number of ether oxygens (including phenoxy) is 3. The maximum atomic E-state index is 5.32. The highest BCUT2D eigenvalue weighted by Gasteiger charge is 2.14. The molecule has 0 spiro atoms. The first-order chi connectivity index (χ1) is 8.91. The number of methoxy groups -OCH3 is 3. The lowest BCUT2D eigenvalue weighted by atomic mass is 9.92. The maximum absolute atomic E-state index is 5.32. The molecule has 0 fully saturated rings. The van der Waals surface area contributed by atoms with Gasteiger partial charge in [-0.1, -0.05) is 20.8 Å². The first-order valence-electron chi connectivity index (χ1n) is 6.45. The minimum atomic E-state index is 0.313. The fourth-order valence-electron chi connectivity index (χ4n) is 1.76. The van der Waals surface area contributed by atoms with Crippen LogP contribution in [0.3, 0.4) is 0 Å². The molecule has 0 aliphatic rings. The van der Waals surface area contributed by atoms with Gasteiger partial charge in [-0.15, -0.1) is 0 Å². The summed E-state index contributed by atoms with van der Waals surface area (Å²) in [6, 6.07) is 3.84. The van der Waals surface area contributed by atoms with E-state index >= 15 is 0 Å². The van der Waals surface area contributed by atoms with Crippen molar-refractivity contribution in [3.63, 3.8) is 0 Å². The molecular formula is C15H25NO3. The Hall–Kier alpha value is -1.58. The molecule has 0 saturated heterocycles. The van der Waals surface area contributed by atoms with Crippen LogP contribution in [0.1, 0.15) is 27.2 Å². The lowest BCUT2D eigenvalue weighted by Gasteiger charge is -2.19.